The first kappa shape index (κ1) is 17.0. The number of ether oxygens (including phenoxy) is 1. The number of nitrogens with zero attached hydrogens (tertiary/aromatic N) is 1. The number of carbonyl (C=O) groups is 2. The maximum absolute atomic E-state index is 12.7. The molecule has 0 spiro atoms. The molecule has 4 rings (SSSR count). The van der Waals surface area contributed by atoms with Gasteiger partial charge in [0.05, 0.1) is 19.2 Å². The number of aryl methyl sites for hydroxylation is 1. The third kappa shape index (κ3) is 2.99. The van der Waals surface area contributed by atoms with Crippen molar-refractivity contribution < 1.29 is 14.3 Å². The van der Waals surface area contributed by atoms with Gasteiger partial charge in [0.2, 0.25) is 0 Å². The predicted octanol–water partition coefficient (Wildman–Crippen LogP) is 4.61. The highest BCUT2D eigenvalue weighted by atomic mass is 16.5. The highest BCUT2D eigenvalue weighted by Gasteiger charge is 2.28. The van der Waals surface area contributed by atoms with E-state index in [0.29, 0.717) is 12.1 Å². The SMILES string of the molecule is COC(=O)c1ccc(-c2ccc(N3Cc4ccccc4C3=O)cc2C)cc1. The van der Waals surface area contributed by atoms with Gasteiger partial charge >= 0.3 is 5.97 Å². The topological polar surface area (TPSA) is 46.6 Å². The number of esters is 1. The van der Waals surface area contributed by atoms with Gasteiger partial charge in [0.25, 0.3) is 5.91 Å². The van der Waals surface area contributed by atoms with Gasteiger partial charge in [-0.3, -0.25) is 4.79 Å². The van der Waals surface area contributed by atoms with Gasteiger partial charge in [0, 0.05) is 11.3 Å². The Labute approximate surface area is 158 Å². The summed E-state index contributed by atoms with van der Waals surface area (Å²) >= 11 is 0. The Balaban J connectivity index is 1.62. The fourth-order valence-corrected chi connectivity index (χ4v) is 3.51. The summed E-state index contributed by atoms with van der Waals surface area (Å²) in [6, 6.07) is 21.1. The van der Waals surface area contributed by atoms with E-state index in [0.717, 1.165) is 33.5 Å². The van der Waals surface area contributed by atoms with Crippen LogP contribution in [-0.2, 0) is 11.3 Å². The van der Waals surface area contributed by atoms with E-state index in [-0.39, 0.29) is 11.9 Å². The van der Waals surface area contributed by atoms with Crippen LogP contribution >= 0.6 is 0 Å². The summed E-state index contributed by atoms with van der Waals surface area (Å²) in [5.41, 5.74) is 6.41. The Morgan fingerprint density at radius 3 is 2.37 bits per heavy atom. The number of hydrogen-bond acceptors (Lipinski definition) is 3. The van der Waals surface area contributed by atoms with Crippen molar-refractivity contribution in [2.24, 2.45) is 0 Å². The van der Waals surface area contributed by atoms with Crippen molar-refractivity contribution in [3.63, 3.8) is 0 Å². The van der Waals surface area contributed by atoms with Crippen LogP contribution in [0.1, 0.15) is 31.8 Å². The second-order valence-corrected chi connectivity index (χ2v) is 6.62. The second kappa shape index (κ2) is 6.72. The van der Waals surface area contributed by atoms with Crippen molar-refractivity contribution in [1.82, 2.24) is 0 Å². The lowest BCUT2D eigenvalue weighted by Crippen LogP contribution is -2.23. The lowest BCUT2D eigenvalue weighted by Gasteiger charge is -2.18. The van der Waals surface area contributed by atoms with Crippen molar-refractivity contribution in [1.29, 1.82) is 0 Å². The molecular formula is C23H19NO3. The Morgan fingerprint density at radius 1 is 0.963 bits per heavy atom. The Kier molecular flexibility index (Phi) is 4.24. The Hall–Kier alpha value is -3.40. The van der Waals surface area contributed by atoms with E-state index in [2.05, 4.69) is 0 Å². The molecular weight excluding hydrogens is 338 g/mol. The highest BCUT2D eigenvalue weighted by molar-refractivity contribution is 6.10. The normalized spacial score (nSPS) is 12.8. The molecule has 0 atom stereocenters. The monoisotopic (exact) mass is 357 g/mol. The molecule has 0 saturated heterocycles. The number of anilines is 1. The number of amides is 1. The van der Waals surface area contributed by atoms with Gasteiger partial charge in [-0.25, -0.2) is 4.79 Å². The molecule has 1 aliphatic rings. The molecule has 0 fully saturated rings. The van der Waals surface area contributed by atoms with Crippen LogP contribution < -0.4 is 4.90 Å². The van der Waals surface area contributed by atoms with Gasteiger partial charge in [-0.2, -0.15) is 0 Å². The standard InChI is InChI=1S/C23H19NO3/c1-15-13-19(24-14-18-5-3-4-6-21(18)22(24)25)11-12-20(15)16-7-9-17(10-8-16)23(26)27-2/h3-13H,14H2,1-2H3. The minimum Gasteiger partial charge on any atom is -0.465 e. The minimum atomic E-state index is -0.347. The molecule has 0 radical (unpaired) electrons. The number of rotatable bonds is 3. The lowest BCUT2D eigenvalue weighted by atomic mass is 9.98. The van der Waals surface area contributed by atoms with E-state index in [9.17, 15) is 9.59 Å². The van der Waals surface area contributed by atoms with Crippen molar-refractivity contribution in [3.05, 3.63) is 89.0 Å². The van der Waals surface area contributed by atoms with Gasteiger partial charge in [0.15, 0.2) is 0 Å². The summed E-state index contributed by atoms with van der Waals surface area (Å²) in [5.74, 6) is -0.305. The van der Waals surface area contributed by atoms with Gasteiger partial charge in [-0.15, -0.1) is 0 Å². The van der Waals surface area contributed by atoms with Crippen molar-refractivity contribution in [2.75, 3.05) is 12.0 Å². The summed E-state index contributed by atoms with van der Waals surface area (Å²) < 4.78 is 4.74. The van der Waals surface area contributed by atoms with Crippen molar-refractivity contribution >= 4 is 17.6 Å². The molecule has 3 aromatic carbocycles. The minimum absolute atomic E-state index is 0.0418. The molecule has 1 amide bonds. The van der Waals surface area contributed by atoms with E-state index < -0.39 is 0 Å². The van der Waals surface area contributed by atoms with Gasteiger partial charge in [-0.1, -0.05) is 36.4 Å². The van der Waals surface area contributed by atoms with Crippen LogP contribution in [0.25, 0.3) is 11.1 Å². The zero-order valence-corrected chi connectivity index (χ0v) is 15.2. The Morgan fingerprint density at radius 2 is 1.70 bits per heavy atom. The first-order chi connectivity index (χ1) is 13.1. The third-order valence-corrected chi connectivity index (χ3v) is 4.96. The predicted molar refractivity (Wildman–Crippen MR) is 105 cm³/mol. The molecule has 0 bridgehead atoms. The van der Waals surface area contributed by atoms with Crippen LogP contribution in [0.5, 0.6) is 0 Å². The summed E-state index contributed by atoms with van der Waals surface area (Å²) in [6.07, 6.45) is 0. The van der Waals surface area contributed by atoms with Crippen LogP contribution in [0.2, 0.25) is 0 Å². The van der Waals surface area contributed by atoms with Gasteiger partial charge < -0.3 is 9.64 Å². The molecule has 3 aromatic rings. The van der Waals surface area contributed by atoms with Gasteiger partial charge in [-0.05, 0) is 59.5 Å². The fraction of sp³-hybridized carbons (Fsp3) is 0.130. The van der Waals surface area contributed by atoms with Crippen LogP contribution in [-0.4, -0.2) is 19.0 Å². The first-order valence-electron chi connectivity index (χ1n) is 8.77. The van der Waals surface area contributed by atoms with E-state index in [1.807, 2.05) is 66.4 Å². The largest absolute Gasteiger partial charge is 0.465 e. The molecule has 4 nitrogen and oxygen atoms in total. The zero-order chi connectivity index (χ0) is 19.0. The summed E-state index contributed by atoms with van der Waals surface area (Å²) in [4.78, 5) is 26.1. The molecule has 0 N–H and O–H groups in total. The molecule has 27 heavy (non-hydrogen) atoms. The number of methoxy groups -OCH3 is 1. The quantitative estimate of drug-likeness (QED) is 0.643. The highest BCUT2D eigenvalue weighted by Crippen LogP contribution is 2.32. The van der Waals surface area contributed by atoms with E-state index in [4.69, 9.17) is 4.74 Å². The average Bonchev–Trinajstić information content (AvgIpc) is 3.04. The molecule has 0 aliphatic carbocycles. The second-order valence-electron chi connectivity index (χ2n) is 6.62. The first-order valence-corrected chi connectivity index (χ1v) is 8.77. The van der Waals surface area contributed by atoms with E-state index in [1.54, 1.807) is 12.1 Å². The summed E-state index contributed by atoms with van der Waals surface area (Å²) in [7, 11) is 1.37. The van der Waals surface area contributed by atoms with Crippen LogP contribution in [0.3, 0.4) is 0 Å². The fourth-order valence-electron chi connectivity index (χ4n) is 3.51. The van der Waals surface area contributed by atoms with E-state index >= 15 is 0 Å². The molecule has 0 saturated carbocycles. The molecule has 4 heteroatoms. The third-order valence-electron chi connectivity index (χ3n) is 4.96. The number of carbonyl (C=O) groups excluding carboxylic acids is 2. The smallest absolute Gasteiger partial charge is 0.337 e. The zero-order valence-electron chi connectivity index (χ0n) is 15.2. The Bertz CT molecular complexity index is 1040. The van der Waals surface area contributed by atoms with Crippen molar-refractivity contribution in [2.45, 2.75) is 13.5 Å². The number of benzene rings is 3. The van der Waals surface area contributed by atoms with Crippen LogP contribution in [0.15, 0.2) is 66.7 Å². The summed E-state index contributed by atoms with van der Waals surface area (Å²) in [6.45, 7) is 2.63. The average molecular weight is 357 g/mol. The molecule has 0 unspecified atom stereocenters. The van der Waals surface area contributed by atoms with E-state index in [1.165, 1.54) is 7.11 Å². The van der Waals surface area contributed by atoms with Gasteiger partial charge in [0.1, 0.15) is 0 Å². The van der Waals surface area contributed by atoms with Crippen LogP contribution in [0, 0.1) is 6.92 Å². The van der Waals surface area contributed by atoms with Crippen molar-refractivity contribution in [3.8, 4) is 11.1 Å². The molecule has 134 valence electrons. The molecule has 0 aromatic heterocycles. The maximum Gasteiger partial charge on any atom is 0.337 e. The summed E-state index contributed by atoms with van der Waals surface area (Å²) in [5, 5.41) is 0. The number of fused-ring (bicyclic) bond motifs is 1. The number of hydrogen-bond donors (Lipinski definition) is 0. The molecule has 1 heterocycles. The van der Waals surface area contributed by atoms with Crippen LogP contribution in [0.4, 0.5) is 5.69 Å². The maximum atomic E-state index is 12.7. The lowest BCUT2D eigenvalue weighted by molar-refractivity contribution is 0.0600. The molecule has 1 aliphatic heterocycles.